The zero-order valence-electron chi connectivity index (χ0n) is 17.3. The van der Waals surface area contributed by atoms with Gasteiger partial charge in [-0.25, -0.2) is 4.99 Å². The number of carbonyl (C=O) groups is 1. The van der Waals surface area contributed by atoms with Crippen molar-refractivity contribution in [3.05, 3.63) is 54.1 Å². The molecule has 30 heavy (non-hydrogen) atoms. The van der Waals surface area contributed by atoms with Crippen LogP contribution in [0.4, 0.5) is 5.69 Å². The van der Waals surface area contributed by atoms with E-state index < -0.39 is 0 Å². The number of nitrogens with zero attached hydrogens (tertiary/aromatic N) is 1. The Labute approximate surface area is 194 Å². The van der Waals surface area contributed by atoms with Crippen molar-refractivity contribution in [1.82, 2.24) is 10.6 Å². The number of para-hydroxylation sites is 1. The van der Waals surface area contributed by atoms with Crippen LogP contribution in [-0.4, -0.2) is 44.2 Å². The lowest BCUT2D eigenvalue weighted by molar-refractivity contribution is -0.114. The van der Waals surface area contributed by atoms with E-state index in [0.29, 0.717) is 25.4 Å². The molecule has 162 valence electrons. The van der Waals surface area contributed by atoms with Gasteiger partial charge in [-0.15, -0.1) is 24.0 Å². The van der Waals surface area contributed by atoms with E-state index in [0.717, 1.165) is 30.4 Å². The molecule has 1 heterocycles. The number of halogens is 1. The number of benzene rings is 2. The first kappa shape index (κ1) is 23.8. The van der Waals surface area contributed by atoms with Crippen molar-refractivity contribution >= 4 is 41.5 Å². The van der Waals surface area contributed by atoms with Gasteiger partial charge >= 0.3 is 0 Å². The third-order valence-electron chi connectivity index (χ3n) is 4.33. The Morgan fingerprint density at radius 1 is 1.20 bits per heavy atom. The summed E-state index contributed by atoms with van der Waals surface area (Å²) in [6.07, 6.45) is 0.947. The predicted molar refractivity (Wildman–Crippen MR) is 130 cm³/mol. The van der Waals surface area contributed by atoms with Crippen LogP contribution in [0.25, 0.3) is 0 Å². The van der Waals surface area contributed by atoms with Gasteiger partial charge in [-0.05, 0) is 30.7 Å². The minimum atomic E-state index is -0.107. The number of nitrogens with one attached hydrogen (secondary N) is 3. The van der Waals surface area contributed by atoms with Crippen molar-refractivity contribution in [2.75, 3.05) is 31.6 Å². The Balaban J connectivity index is 0.00000320. The van der Waals surface area contributed by atoms with Crippen molar-refractivity contribution in [3.8, 4) is 11.5 Å². The molecule has 0 spiro atoms. The van der Waals surface area contributed by atoms with Crippen LogP contribution in [-0.2, 0) is 11.2 Å². The van der Waals surface area contributed by atoms with Crippen LogP contribution >= 0.6 is 24.0 Å². The lowest BCUT2D eigenvalue weighted by Gasteiger charge is -2.14. The van der Waals surface area contributed by atoms with Crippen LogP contribution < -0.4 is 25.4 Å². The fraction of sp³-hybridized carbons (Fsp3) is 0.364. The monoisotopic (exact) mass is 524 g/mol. The molecule has 0 saturated heterocycles. The maximum atomic E-state index is 11.2. The second kappa shape index (κ2) is 12.3. The first-order valence-electron chi connectivity index (χ1n) is 9.91. The number of rotatable bonds is 8. The van der Waals surface area contributed by atoms with E-state index in [4.69, 9.17) is 9.47 Å². The second-order valence-electron chi connectivity index (χ2n) is 6.76. The van der Waals surface area contributed by atoms with Gasteiger partial charge in [-0.1, -0.05) is 24.3 Å². The molecule has 0 bridgehead atoms. The lowest BCUT2D eigenvalue weighted by atomic mass is 10.1. The molecular formula is C22H29IN4O3. The Morgan fingerprint density at radius 3 is 2.80 bits per heavy atom. The average molecular weight is 524 g/mol. The van der Waals surface area contributed by atoms with E-state index in [2.05, 4.69) is 27.0 Å². The number of anilines is 1. The summed E-state index contributed by atoms with van der Waals surface area (Å²) in [7, 11) is 0. The molecule has 7 nitrogen and oxygen atoms in total. The van der Waals surface area contributed by atoms with Crippen LogP contribution in [0.5, 0.6) is 11.5 Å². The summed E-state index contributed by atoms with van der Waals surface area (Å²) >= 11 is 0. The zero-order valence-corrected chi connectivity index (χ0v) is 19.6. The number of amides is 1. The van der Waals surface area contributed by atoms with E-state index >= 15 is 0 Å². The van der Waals surface area contributed by atoms with Gasteiger partial charge in [0.25, 0.3) is 0 Å². The molecule has 2 aromatic rings. The van der Waals surface area contributed by atoms with Crippen LogP contribution in [0.3, 0.4) is 0 Å². The van der Waals surface area contributed by atoms with E-state index in [1.165, 1.54) is 12.5 Å². The smallest absolute Gasteiger partial charge is 0.221 e. The topological polar surface area (TPSA) is 84.0 Å². The summed E-state index contributed by atoms with van der Waals surface area (Å²) in [5.41, 5.74) is 1.95. The third kappa shape index (κ3) is 7.40. The minimum absolute atomic E-state index is 0. The summed E-state index contributed by atoms with van der Waals surface area (Å²) in [6, 6.07) is 15.5. The van der Waals surface area contributed by atoms with Crippen LogP contribution in [0.2, 0.25) is 0 Å². The molecule has 1 atom stereocenters. The largest absolute Gasteiger partial charge is 0.492 e. The highest BCUT2D eigenvalue weighted by Crippen LogP contribution is 2.28. The lowest BCUT2D eigenvalue weighted by Crippen LogP contribution is -2.40. The summed E-state index contributed by atoms with van der Waals surface area (Å²) in [4.78, 5) is 15.8. The fourth-order valence-corrected chi connectivity index (χ4v) is 3.10. The number of hydrogen-bond donors (Lipinski definition) is 3. The second-order valence-corrected chi connectivity index (χ2v) is 6.76. The summed E-state index contributed by atoms with van der Waals surface area (Å²) in [6.45, 7) is 5.94. The van der Waals surface area contributed by atoms with E-state index in [9.17, 15) is 4.79 Å². The van der Waals surface area contributed by atoms with Crippen LogP contribution in [0.15, 0.2) is 53.5 Å². The standard InChI is InChI=1S/C22H28N4O3.HI/c1-3-23-22(25-15-20-13-17-7-4-5-10-21(17)29-20)24-11-12-28-19-9-6-8-18(14-19)26-16(2)27;/h4-10,14,20H,3,11-13,15H2,1-2H3,(H,26,27)(H2,23,24,25);1H. The van der Waals surface area contributed by atoms with Crippen molar-refractivity contribution in [2.24, 2.45) is 4.99 Å². The van der Waals surface area contributed by atoms with Gasteiger partial charge in [-0.3, -0.25) is 4.79 Å². The molecule has 0 saturated carbocycles. The van der Waals surface area contributed by atoms with Crippen molar-refractivity contribution < 1.29 is 14.3 Å². The third-order valence-corrected chi connectivity index (χ3v) is 4.33. The van der Waals surface area contributed by atoms with Gasteiger partial charge < -0.3 is 25.4 Å². The van der Waals surface area contributed by atoms with Crippen molar-refractivity contribution in [2.45, 2.75) is 26.4 Å². The normalized spacial score (nSPS) is 14.7. The molecule has 1 unspecified atom stereocenters. The molecule has 1 amide bonds. The minimum Gasteiger partial charge on any atom is -0.492 e. The molecule has 0 fully saturated rings. The highest BCUT2D eigenvalue weighted by Gasteiger charge is 2.21. The number of fused-ring (bicyclic) bond motifs is 1. The number of aliphatic imine (C=N–C) groups is 1. The molecule has 8 heteroatoms. The molecule has 0 aliphatic carbocycles. The molecule has 3 rings (SSSR count). The van der Waals surface area contributed by atoms with E-state index in [1.807, 2.05) is 43.3 Å². The van der Waals surface area contributed by atoms with Crippen molar-refractivity contribution in [3.63, 3.8) is 0 Å². The summed E-state index contributed by atoms with van der Waals surface area (Å²) in [5, 5.41) is 9.25. The van der Waals surface area contributed by atoms with Crippen LogP contribution in [0, 0.1) is 0 Å². The van der Waals surface area contributed by atoms with E-state index in [-0.39, 0.29) is 36.0 Å². The first-order chi connectivity index (χ1) is 14.1. The molecular weight excluding hydrogens is 495 g/mol. The average Bonchev–Trinajstić information content (AvgIpc) is 3.12. The van der Waals surface area contributed by atoms with Gasteiger partial charge in [0.1, 0.15) is 24.2 Å². The van der Waals surface area contributed by atoms with Gasteiger partial charge in [0.15, 0.2) is 5.96 Å². The molecule has 1 aliphatic heterocycles. The highest BCUT2D eigenvalue weighted by atomic mass is 127. The number of carbonyl (C=O) groups excluding carboxylic acids is 1. The summed E-state index contributed by atoms with van der Waals surface area (Å²) < 4.78 is 11.7. The Hall–Kier alpha value is -2.49. The molecule has 1 aliphatic rings. The number of guanidine groups is 1. The molecule has 3 N–H and O–H groups in total. The Morgan fingerprint density at radius 2 is 2.03 bits per heavy atom. The first-order valence-corrected chi connectivity index (χ1v) is 9.91. The van der Waals surface area contributed by atoms with Gasteiger partial charge in [-0.2, -0.15) is 0 Å². The maximum Gasteiger partial charge on any atom is 0.221 e. The van der Waals surface area contributed by atoms with Crippen molar-refractivity contribution in [1.29, 1.82) is 0 Å². The van der Waals surface area contributed by atoms with Gasteiger partial charge in [0, 0.05) is 31.6 Å². The number of hydrogen-bond acceptors (Lipinski definition) is 4. The quantitative estimate of drug-likeness (QED) is 0.214. The fourth-order valence-electron chi connectivity index (χ4n) is 3.10. The number of ether oxygens (including phenoxy) is 2. The Bertz CT molecular complexity index is 835. The van der Waals surface area contributed by atoms with Gasteiger partial charge in [0.05, 0.1) is 13.1 Å². The molecule has 2 aromatic carbocycles. The molecule has 0 aromatic heterocycles. The highest BCUT2D eigenvalue weighted by molar-refractivity contribution is 14.0. The predicted octanol–water partition coefficient (Wildman–Crippen LogP) is 3.20. The zero-order chi connectivity index (χ0) is 20.5. The summed E-state index contributed by atoms with van der Waals surface area (Å²) in [5.74, 6) is 2.30. The SMILES string of the molecule is CCNC(=NCC1Cc2ccccc2O1)NCCOc1cccc(NC(C)=O)c1.I. The Kier molecular flexibility index (Phi) is 9.72. The van der Waals surface area contributed by atoms with Gasteiger partial charge in [0.2, 0.25) is 5.91 Å². The van der Waals surface area contributed by atoms with E-state index in [1.54, 1.807) is 6.07 Å². The molecule has 0 radical (unpaired) electrons. The van der Waals surface area contributed by atoms with Crippen LogP contribution in [0.1, 0.15) is 19.4 Å². The maximum absolute atomic E-state index is 11.2.